The maximum atomic E-state index is 12.3. The van der Waals surface area contributed by atoms with Gasteiger partial charge in [-0.1, -0.05) is 41.9 Å². The first kappa shape index (κ1) is 16.0. The van der Waals surface area contributed by atoms with Crippen molar-refractivity contribution in [3.8, 4) is 0 Å². The molecule has 1 N–H and O–H groups in total. The molecule has 1 amide bonds. The number of para-hydroxylation sites is 1. The quantitative estimate of drug-likeness (QED) is 0.786. The zero-order chi connectivity index (χ0) is 16.9. The second-order valence-corrected chi connectivity index (χ2v) is 5.77. The molecule has 4 nitrogen and oxygen atoms in total. The van der Waals surface area contributed by atoms with Crippen molar-refractivity contribution in [3.63, 3.8) is 0 Å². The summed E-state index contributed by atoms with van der Waals surface area (Å²) in [6.45, 7) is 0.377. The maximum Gasteiger partial charge on any atom is 0.257 e. The van der Waals surface area contributed by atoms with E-state index in [0.29, 0.717) is 22.8 Å². The minimum absolute atomic E-state index is 0.166. The third kappa shape index (κ3) is 3.91. The van der Waals surface area contributed by atoms with E-state index in [0.717, 1.165) is 5.56 Å². The minimum Gasteiger partial charge on any atom is -0.322 e. The first-order valence-electron chi connectivity index (χ1n) is 7.43. The van der Waals surface area contributed by atoms with E-state index in [2.05, 4.69) is 5.32 Å². The van der Waals surface area contributed by atoms with Crippen molar-refractivity contribution in [2.45, 2.75) is 6.54 Å². The molecule has 5 heteroatoms. The fourth-order valence-corrected chi connectivity index (χ4v) is 2.43. The summed E-state index contributed by atoms with van der Waals surface area (Å²) in [7, 11) is 0. The molecule has 3 rings (SSSR count). The molecular formula is C19H15ClN2O2. The van der Waals surface area contributed by atoms with Crippen molar-refractivity contribution in [1.29, 1.82) is 0 Å². The number of hydrogen-bond donors (Lipinski definition) is 1. The van der Waals surface area contributed by atoms with Crippen molar-refractivity contribution in [3.05, 3.63) is 99.4 Å². The highest BCUT2D eigenvalue weighted by Crippen LogP contribution is 2.11. The summed E-state index contributed by atoms with van der Waals surface area (Å²) < 4.78 is 1.50. The Labute approximate surface area is 144 Å². The highest BCUT2D eigenvalue weighted by atomic mass is 35.5. The number of nitrogens with one attached hydrogen (secondary N) is 1. The molecule has 1 aromatic heterocycles. The van der Waals surface area contributed by atoms with Crippen LogP contribution in [0.4, 0.5) is 5.69 Å². The van der Waals surface area contributed by atoms with Gasteiger partial charge in [-0.25, -0.2) is 0 Å². The van der Waals surface area contributed by atoms with Crippen LogP contribution in [0.5, 0.6) is 0 Å². The van der Waals surface area contributed by atoms with E-state index in [1.165, 1.54) is 16.7 Å². The topological polar surface area (TPSA) is 51.1 Å². The van der Waals surface area contributed by atoms with E-state index >= 15 is 0 Å². The molecule has 0 spiro atoms. The van der Waals surface area contributed by atoms with Crippen LogP contribution in [0.2, 0.25) is 5.02 Å². The van der Waals surface area contributed by atoms with Gasteiger partial charge in [-0.2, -0.15) is 0 Å². The van der Waals surface area contributed by atoms with Crippen molar-refractivity contribution in [2.24, 2.45) is 0 Å². The molecule has 0 saturated carbocycles. The molecule has 0 saturated heterocycles. The van der Waals surface area contributed by atoms with Crippen LogP contribution >= 0.6 is 11.6 Å². The number of carbonyl (C=O) groups is 1. The van der Waals surface area contributed by atoms with E-state index in [9.17, 15) is 9.59 Å². The lowest BCUT2D eigenvalue weighted by molar-refractivity contribution is 0.102. The number of carbonyl (C=O) groups excluding carboxylic acids is 1. The van der Waals surface area contributed by atoms with E-state index in [4.69, 9.17) is 11.6 Å². The van der Waals surface area contributed by atoms with Gasteiger partial charge in [-0.15, -0.1) is 0 Å². The van der Waals surface area contributed by atoms with Gasteiger partial charge in [-0.3, -0.25) is 9.59 Å². The summed E-state index contributed by atoms with van der Waals surface area (Å²) >= 11 is 5.87. The van der Waals surface area contributed by atoms with Gasteiger partial charge in [0.1, 0.15) is 0 Å². The molecule has 0 radical (unpaired) electrons. The molecule has 0 atom stereocenters. The number of hydrogen-bond acceptors (Lipinski definition) is 2. The SMILES string of the molecule is O=C(Nc1ccccc1)c1ccc(=O)n(Cc2ccc(Cl)cc2)c1. The lowest BCUT2D eigenvalue weighted by Crippen LogP contribution is -2.22. The summed E-state index contributed by atoms with van der Waals surface area (Å²) in [5.41, 5.74) is 1.90. The molecule has 0 bridgehead atoms. The predicted molar refractivity (Wildman–Crippen MR) is 95.7 cm³/mol. The zero-order valence-corrected chi connectivity index (χ0v) is 13.5. The van der Waals surface area contributed by atoms with Crippen LogP contribution in [0.1, 0.15) is 15.9 Å². The van der Waals surface area contributed by atoms with Gasteiger partial charge >= 0.3 is 0 Å². The van der Waals surface area contributed by atoms with Crippen LogP contribution < -0.4 is 10.9 Å². The van der Waals surface area contributed by atoms with Gasteiger partial charge < -0.3 is 9.88 Å². The third-order valence-electron chi connectivity index (χ3n) is 3.54. The average Bonchev–Trinajstić information content (AvgIpc) is 2.59. The summed E-state index contributed by atoms with van der Waals surface area (Å²) in [6, 6.07) is 19.4. The van der Waals surface area contributed by atoms with E-state index in [-0.39, 0.29) is 11.5 Å². The molecule has 0 fully saturated rings. The molecule has 120 valence electrons. The van der Waals surface area contributed by atoms with E-state index < -0.39 is 0 Å². The van der Waals surface area contributed by atoms with Crippen LogP contribution in [0.15, 0.2) is 77.7 Å². The largest absolute Gasteiger partial charge is 0.322 e. The van der Waals surface area contributed by atoms with Crippen molar-refractivity contribution in [2.75, 3.05) is 5.32 Å². The number of halogens is 1. The van der Waals surface area contributed by atoms with Crippen molar-refractivity contribution < 1.29 is 4.79 Å². The Bertz CT molecular complexity index is 903. The summed E-state index contributed by atoms with van der Waals surface area (Å²) in [5, 5.41) is 3.45. The van der Waals surface area contributed by atoms with Gasteiger partial charge in [0.2, 0.25) is 0 Å². The van der Waals surface area contributed by atoms with Gasteiger partial charge in [0.25, 0.3) is 11.5 Å². The number of amides is 1. The molecular weight excluding hydrogens is 324 g/mol. The Morgan fingerprint density at radius 1 is 0.958 bits per heavy atom. The van der Waals surface area contributed by atoms with Gasteiger partial charge in [0.15, 0.2) is 0 Å². The Hall–Kier alpha value is -2.85. The summed E-state index contributed by atoms with van der Waals surface area (Å²) in [6.07, 6.45) is 1.56. The van der Waals surface area contributed by atoms with Gasteiger partial charge in [0.05, 0.1) is 12.1 Å². The smallest absolute Gasteiger partial charge is 0.257 e. The maximum absolute atomic E-state index is 12.3. The third-order valence-corrected chi connectivity index (χ3v) is 3.80. The molecule has 3 aromatic rings. The normalized spacial score (nSPS) is 10.4. The van der Waals surface area contributed by atoms with Crippen molar-refractivity contribution >= 4 is 23.2 Å². The monoisotopic (exact) mass is 338 g/mol. The molecule has 0 aliphatic heterocycles. The van der Waals surface area contributed by atoms with E-state index in [1.54, 1.807) is 18.3 Å². The molecule has 1 heterocycles. The van der Waals surface area contributed by atoms with Crippen LogP contribution in [0.3, 0.4) is 0 Å². The van der Waals surface area contributed by atoms with Gasteiger partial charge in [-0.05, 0) is 35.9 Å². The first-order valence-corrected chi connectivity index (χ1v) is 7.81. The molecule has 24 heavy (non-hydrogen) atoms. The highest BCUT2D eigenvalue weighted by Gasteiger charge is 2.08. The predicted octanol–water partition coefficient (Wildman–Crippen LogP) is 3.80. The van der Waals surface area contributed by atoms with Crippen molar-refractivity contribution in [1.82, 2.24) is 4.57 Å². The number of rotatable bonds is 4. The Morgan fingerprint density at radius 2 is 1.67 bits per heavy atom. The molecule has 2 aromatic carbocycles. The minimum atomic E-state index is -0.258. The van der Waals surface area contributed by atoms with Gasteiger partial charge in [0, 0.05) is 23.0 Å². The van der Waals surface area contributed by atoms with E-state index in [1.807, 2.05) is 42.5 Å². The molecule has 0 unspecified atom stereocenters. The fourth-order valence-electron chi connectivity index (χ4n) is 2.30. The summed E-state index contributed by atoms with van der Waals surface area (Å²) in [4.78, 5) is 24.4. The number of nitrogens with zero attached hydrogens (tertiary/aromatic N) is 1. The summed E-state index contributed by atoms with van der Waals surface area (Å²) in [5.74, 6) is -0.258. The lowest BCUT2D eigenvalue weighted by atomic mass is 10.2. The first-order chi connectivity index (χ1) is 11.6. The van der Waals surface area contributed by atoms with Crippen LogP contribution in [0, 0.1) is 0 Å². The second-order valence-electron chi connectivity index (χ2n) is 5.33. The number of anilines is 1. The Kier molecular flexibility index (Phi) is 4.77. The second kappa shape index (κ2) is 7.15. The molecule has 0 aliphatic rings. The molecule has 0 aliphatic carbocycles. The number of aromatic nitrogens is 1. The van der Waals surface area contributed by atoms with Crippen LogP contribution in [-0.2, 0) is 6.54 Å². The lowest BCUT2D eigenvalue weighted by Gasteiger charge is -2.09. The fraction of sp³-hybridized carbons (Fsp3) is 0.0526. The highest BCUT2D eigenvalue weighted by molar-refractivity contribution is 6.30. The van der Waals surface area contributed by atoms with Crippen LogP contribution in [-0.4, -0.2) is 10.5 Å². The Balaban J connectivity index is 1.81. The number of pyridine rings is 1. The van der Waals surface area contributed by atoms with Crippen LogP contribution in [0.25, 0.3) is 0 Å². The number of benzene rings is 2. The zero-order valence-electron chi connectivity index (χ0n) is 12.8. The Morgan fingerprint density at radius 3 is 2.38 bits per heavy atom. The average molecular weight is 339 g/mol. The standard InChI is InChI=1S/C19H15ClN2O2/c20-16-9-6-14(7-10-16)12-22-13-15(8-11-18(22)23)19(24)21-17-4-2-1-3-5-17/h1-11,13H,12H2,(H,21,24).